The van der Waals surface area contributed by atoms with Gasteiger partial charge in [-0.2, -0.15) is 0 Å². The van der Waals surface area contributed by atoms with Crippen LogP contribution in [0.15, 0.2) is 41.3 Å². The van der Waals surface area contributed by atoms with E-state index in [4.69, 9.17) is 0 Å². The maximum absolute atomic E-state index is 12.7. The lowest BCUT2D eigenvalue weighted by molar-refractivity contribution is -0.116. The minimum atomic E-state index is -3.60. The number of hydrogen-bond donors (Lipinski definition) is 2. The Kier molecular flexibility index (Phi) is 5.58. The fraction of sp³-hybridized carbons (Fsp3) is 0.316. The van der Waals surface area contributed by atoms with Gasteiger partial charge in [0, 0.05) is 38.8 Å². The van der Waals surface area contributed by atoms with Crippen LogP contribution in [0.25, 0.3) is 0 Å². The van der Waals surface area contributed by atoms with Gasteiger partial charge < -0.3 is 10.2 Å². The van der Waals surface area contributed by atoms with E-state index in [9.17, 15) is 13.2 Å². The number of sulfonamides is 1. The molecule has 0 saturated heterocycles. The Morgan fingerprint density at radius 3 is 2.67 bits per heavy atom. The van der Waals surface area contributed by atoms with E-state index in [1.165, 1.54) is 18.1 Å². The standard InChI is InChI=1S/C19H21N3O3S.ClH/c1-13(23)22-7-6-15-9-18(4-5-19(15)22)26(24,25)21-10-14-2-3-16-11-20-12-17(16)8-14;/h2-5,8-9,20-21H,6-7,10-12H2,1H3;1H. The van der Waals surface area contributed by atoms with Crippen molar-refractivity contribution in [3.05, 3.63) is 58.7 Å². The maximum Gasteiger partial charge on any atom is 0.240 e. The Hall–Kier alpha value is -1.93. The van der Waals surface area contributed by atoms with Crippen molar-refractivity contribution in [2.24, 2.45) is 0 Å². The fourth-order valence-electron chi connectivity index (χ4n) is 3.59. The molecule has 0 radical (unpaired) electrons. The number of rotatable bonds is 4. The quantitative estimate of drug-likeness (QED) is 0.813. The molecular formula is C19H22ClN3O3S. The van der Waals surface area contributed by atoms with Gasteiger partial charge >= 0.3 is 0 Å². The van der Waals surface area contributed by atoms with E-state index >= 15 is 0 Å². The number of carbonyl (C=O) groups excluding carboxylic acids is 1. The predicted octanol–water partition coefficient (Wildman–Crippen LogP) is 2.10. The summed E-state index contributed by atoms with van der Waals surface area (Å²) in [6.07, 6.45) is 0.677. The SMILES string of the molecule is CC(=O)N1CCc2cc(S(=O)(=O)NCc3ccc4c(c3)CNC4)ccc21.Cl. The number of amides is 1. The molecule has 0 unspecified atom stereocenters. The topological polar surface area (TPSA) is 78.5 Å². The zero-order valence-electron chi connectivity index (χ0n) is 15.0. The number of nitrogens with one attached hydrogen (secondary N) is 2. The summed E-state index contributed by atoms with van der Waals surface area (Å²) in [7, 11) is -3.60. The largest absolute Gasteiger partial charge is 0.312 e. The summed E-state index contributed by atoms with van der Waals surface area (Å²) < 4.78 is 28.0. The number of benzene rings is 2. The van der Waals surface area contributed by atoms with E-state index in [-0.39, 0.29) is 29.8 Å². The van der Waals surface area contributed by atoms with Gasteiger partial charge in [-0.3, -0.25) is 4.79 Å². The second-order valence-electron chi connectivity index (χ2n) is 6.74. The summed E-state index contributed by atoms with van der Waals surface area (Å²) in [5.41, 5.74) is 5.14. The normalized spacial score (nSPS) is 15.2. The first-order valence-electron chi connectivity index (χ1n) is 8.66. The van der Waals surface area contributed by atoms with E-state index in [1.807, 2.05) is 18.2 Å². The fourth-order valence-corrected chi connectivity index (χ4v) is 4.66. The molecule has 4 rings (SSSR count). The minimum absolute atomic E-state index is 0. The molecule has 0 fully saturated rings. The molecule has 0 saturated carbocycles. The van der Waals surface area contributed by atoms with E-state index < -0.39 is 10.0 Å². The highest BCUT2D eigenvalue weighted by Crippen LogP contribution is 2.30. The molecular weight excluding hydrogens is 386 g/mol. The van der Waals surface area contributed by atoms with Gasteiger partial charge in [-0.25, -0.2) is 13.1 Å². The second kappa shape index (κ2) is 7.59. The molecule has 0 spiro atoms. The summed E-state index contributed by atoms with van der Waals surface area (Å²) >= 11 is 0. The predicted molar refractivity (Wildman–Crippen MR) is 106 cm³/mol. The minimum Gasteiger partial charge on any atom is -0.312 e. The van der Waals surface area contributed by atoms with Gasteiger partial charge in [0.1, 0.15) is 0 Å². The smallest absolute Gasteiger partial charge is 0.240 e. The van der Waals surface area contributed by atoms with Crippen LogP contribution in [0, 0.1) is 0 Å². The summed E-state index contributed by atoms with van der Waals surface area (Å²) in [5.74, 6) is -0.0245. The average Bonchev–Trinajstić information content (AvgIpc) is 3.25. The van der Waals surface area contributed by atoms with Crippen LogP contribution in [0.4, 0.5) is 5.69 Å². The molecule has 2 aliphatic rings. The van der Waals surface area contributed by atoms with Crippen molar-refractivity contribution in [2.45, 2.75) is 37.9 Å². The molecule has 1 amide bonds. The van der Waals surface area contributed by atoms with Crippen molar-refractivity contribution in [2.75, 3.05) is 11.4 Å². The number of fused-ring (bicyclic) bond motifs is 2. The Balaban J connectivity index is 0.00000210. The van der Waals surface area contributed by atoms with Crippen LogP contribution in [-0.2, 0) is 40.9 Å². The zero-order chi connectivity index (χ0) is 18.3. The van der Waals surface area contributed by atoms with Crippen molar-refractivity contribution in [3.63, 3.8) is 0 Å². The molecule has 2 N–H and O–H groups in total. The molecule has 0 aromatic heterocycles. The molecule has 0 atom stereocenters. The van der Waals surface area contributed by atoms with Gasteiger partial charge in [-0.1, -0.05) is 18.2 Å². The van der Waals surface area contributed by atoms with E-state index in [0.29, 0.717) is 13.0 Å². The van der Waals surface area contributed by atoms with Crippen LogP contribution < -0.4 is 14.9 Å². The van der Waals surface area contributed by atoms with Crippen molar-refractivity contribution in [1.82, 2.24) is 10.0 Å². The Morgan fingerprint density at radius 1 is 1.11 bits per heavy atom. The van der Waals surface area contributed by atoms with Gasteiger partial charge in [-0.15, -0.1) is 12.4 Å². The van der Waals surface area contributed by atoms with Gasteiger partial charge in [0.05, 0.1) is 4.90 Å². The molecule has 2 aromatic rings. The first-order chi connectivity index (χ1) is 12.4. The second-order valence-corrected chi connectivity index (χ2v) is 8.51. The summed E-state index contributed by atoms with van der Waals surface area (Å²) in [6, 6.07) is 11.0. The molecule has 6 nitrogen and oxygen atoms in total. The number of anilines is 1. The van der Waals surface area contributed by atoms with Crippen molar-refractivity contribution in [1.29, 1.82) is 0 Å². The number of hydrogen-bond acceptors (Lipinski definition) is 4. The lowest BCUT2D eigenvalue weighted by Gasteiger charge is -2.15. The first-order valence-corrected chi connectivity index (χ1v) is 10.1. The van der Waals surface area contributed by atoms with Crippen molar-refractivity contribution < 1.29 is 13.2 Å². The average molecular weight is 408 g/mol. The van der Waals surface area contributed by atoms with E-state index in [0.717, 1.165) is 29.9 Å². The highest BCUT2D eigenvalue weighted by atomic mass is 35.5. The molecule has 0 aliphatic carbocycles. The summed E-state index contributed by atoms with van der Waals surface area (Å²) in [4.78, 5) is 13.5. The van der Waals surface area contributed by atoms with Crippen molar-refractivity contribution in [3.8, 4) is 0 Å². The first kappa shape index (κ1) is 19.8. The molecule has 2 aliphatic heterocycles. The molecule has 27 heavy (non-hydrogen) atoms. The Labute approximate surface area is 165 Å². The highest BCUT2D eigenvalue weighted by molar-refractivity contribution is 7.89. The van der Waals surface area contributed by atoms with Crippen LogP contribution in [0.1, 0.15) is 29.2 Å². The van der Waals surface area contributed by atoms with Gasteiger partial charge in [-0.05, 0) is 46.9 Å². The Bertz CT molecular complexity index is 992. The number of halogens is 1. The van der Waals surface area contributed by atoms with E-state index in [2.05, 4.69) is 10.0 Å². The number of carbonyl (C=O) groups is 1. The maximum atomic E-state index is 12.7. The molecule has 2 heterocycles. The van der Waals surface area contributed by atoms with E-state index in [1.54, 1.807) is 23.1 Å². The number of nitrogens with zero attached hydrogens (tertiary/aromatic N) is 1. The van der Waals surface area contributed by atoms with Crippen LogP contribution in [0.2, 0.25) is 0 Å². The lowest BCUT2D eigenvalue weighted by atomic mass is 10.1. The zero-order valence-corrected chi connectivity index (χ0v) is 16.6. The highest BCUT2D eigenvalue weighted by Gasteiger charge is 2.24. The van der Waals surface area contributed by atoms with Crippen molar-refractivity contribution >= 4 is 34.0 Å². The third-order valence-corrected chi connectivity index (χ3v) is 6.40. The van der Waals surface area contributed by atoms with Crippen LogP contribution in [0.3, 0.4) is 0 Å². The third-order valence-electron chi connectivity index (χ3n) is 5.00. The molecule has 144 valence electrons. The molecule has 0 bridgehead atoms. The molecule has 2 aromatic carbocycles. The van der Waals surface area contributed by atoms with Gasteiger partial charge in [0.2, 0.25) is 15.9 Å². The third kappa shape index (κ3) is 3.87. The summed E-state index contributed by atoms with van der Waals surface area (Å²) in [5, 5.41) is 3.28. The van der Waals surface area contributed by atoms with Crippen LogP contribution in [-0.4, -0.2) is 20.9 Å². The van der Waals surface area contributed by atoms with Crippen LogP contribution in [0.5, 0.6) is 0 Å². The van der Waals surface area contributed by atoms with Gasteiger partial charge in [0.15, 0.2) is 0 Å². The van der Waals surface area contributed by atoms with Gasteiger partial charge in [0.25, 0.3) is 0 Å². The molecule has 8 heteroatoms. The lowest BCUT2D eigenvalue weighted by Crippen LogP contribution is -2.26. The van der Waals surface area contributed by atoms with Crippen LogP contribution >= 0.6 is 12.4 Å². The Morgan fingerprint density at radius 2 is 1.89 bits per heavy atom. The monoisotopic (exact) mass is 407 g/mol. The summed E-state index contributed by atoms with van der Waals surface area (Å²) in [6.45, 7) is 4.08.